The van der Waals surface area contributed by atoms with Gasteiger partial charge in [0.05, 0.1) is 5.69 Å². The van der Waals surface area contributed by atoms with Gasteiger partial charge in [-0.2, -0.15) is 8.42 Å². The minimum absolute atomic E-state index is 0.607. The molecule has 1 rings (SSSR count). The van der Waals surface area contributed by atoms with Crippen LogP contribution in [0.4, 0.5) is 5.69 Å². The first-order valence-electron chi connectivity index (χ1n) is 4.48. The maximum atomic E-state index is 11.3. The van der Waals surface area contributed by atoms with Gasteiger partial charge in [-0.05, 0) is 30.2 Å². The normalized spacial score (nSPS) is 11.4. The molecule has 0 amide bonds. The van der Waals surface area contributed by atoms with Gasteiger partial charge in [0.25, 0.3) is 10.2 Å². The van der Waals surface area contributed by atoms with Crippen LogP contribution in [0, 0.1) is 0 Å². The summed E-state index contributed by atoms with van der Waals surface area (Å²) in [5, 5.41) is 0. The first-order valence-corrected chi connectivity index (χ1v) is 6.76. The highest BCUT2D eigenvalue weighted by molar-refractivity contribution is 9.10. The number of benzene rings is 1. The summed E-state index contributed by atoms with van der Waals surface area (Å²) in [4.78, 5) is 0. The zero-order valence-corrected chi connectivity index (χ0v) is 10.9. The van der Waals surface area contributed by atoms with Crippen molar-refractivity contribution in [2.45, 2.75) is 13.3 Å². The lowest BCUT2D eigenvalue weighted by molar-refractivity contribution is 0.593. The summed E-state index contributed by atoms with van der Waals surface area (Å²) in [7, 11) is -2.07. The van der Waals surface area contributed by atoms with E-state index in [0.29, 0.717) is 5.69 Å². The monoisotopic (exact) mass is 292 g/mol. The summed E-state index contributed by atoms with van der Waals surface area (Å²) in [6.45, 7) is 1.97. The van der Waals surface area contributed by atoms with Crippen LogP contribution in [0.2, 0.25) is 0 Å². The summed E-state index contributed by atoms with van der Waals surface area (Å²) in [5.74, 6) is 0. The third-order valence-corrected chi connectivity index (χ3v) is 3.48. The molecule has 0 aliphatic rings. The molecule has 0 aliphatic heterocycles. The first-order chi connectivity index (χ1) is 6.98. The highest BCUT2D eigenvalue weighted by Crippen LogP contribution is 2.22. The molecule has 0 spiro atoms. The molecule has 0 saturated carbocycles. The second-order valence-electron chi connectivity index (χ2n) is 2.96. The molecule has 4 nitrogen and oxygen atoms in total. The lowest BCUT2D eigenvalue weighted by atomic mass is 10.1. The van der Waals surface area contributed by atoms with E-state index in [-0.39, 0.29) is 0 Å². The van der Waals surface area contributed by atoms with Gasteiger partial charge in [-0.1, -0.05) is 22.9 Å². The van der Waals surface area contributed by atoms with Crippen molar-refractivity contribution in [3.8, 4) is 0 Å². The Bertz CT molecular complexity index is 445. The molecule has 0 heterocycles. The summed E-state index contributed by atoms with van der Waals surface area (Å²) in [6.07, 6.45) is 0.765. The zero-order valence-electron chi connectivity index (χ0n) is 8.54. The number of nitrogens with one attached hydrogen (secondary N) is 2. The molecule has 0 aromatic heterocycles. The van der Waals surface area contributed by atoms with Crippen LogP contribution in [-0.4, -0.2) is 15.5 Å². The number of hydrogen-bond acceptors (Lipinski definition) is 2. The van der Waals surface area contributed by atoms with Crippen molar-refractivity contribution >= 4 is 31.8 Å². The fourth-order valence-electron chi connectivity index (χ4n) is 1.15. The zero-order chi connectivity index (χ0) is 11.5. The van der Waals surface area contributed by atoms with Gasteiger partial charge in [-0.25, -0.2) is 4.72 Å². The van der Waals surface area contributed by atoms with Crippen LogP contribution in [-0.2, 0) is 16.6 Å². The Morgan fingerprint density at radius 1 is 1.40 bits per heavy atom. The fraction of sp³-hybridized carbons (Fsp3) is 0.333. The van der Waals surface area contributed by atoms with E-state index in [1.807, 2.05) is 13.0 Å². The summed E-state index contributed by atoms with van der Waals surface area (Å²) >= 11 is 3.34. The SMILES string of the molecule is CCc1cc(Br)ccc1NS(=O)(=O)NC. The van der Waals surface area contributed by atoms with Gasteiger partial charge in [-0.3, -0.25) is 4.72 Å². The molecule has 15 heavy (non-hydrogen) atoms. The molecule has 0 unspecified atom stereocenters. The molecule has 0 atom stereocenters. The lowest BCUT2D eigenvalue weighted by Crippen LogP contribution is -2.26. The minimum atomic E-state index is -3.43. The van der Waals surface area contributed by atoms with E-state index in [1.165, 1.54) is 7.05 Å². The second kappa shape index (κ2) is 4.96. The molecule has 1 aromatic carbocycles. The van der Waals surface area contributed by atoms with Crippen molar-refractivity contribution in [3.05, 3.63) is 28.2 Å². The number of anilines is 1. The maximum absolute atomic E-state index is 11.3. The third-order valence-electron chi connectivity index (χ3n) is 1.96. The van der Waals surface area contributed by atoms with Crippen LogP contribution in [0.25, 0.3) is 0 Å². The lowest BCUT2D eigenvalue weighted by Gasteiger charge is -2.10. The summed E-state index contributed by atoms with van der Waals surface area (Å²) < 4.78 is 28.2. The third kappa shape index (κ3) is 3.48. The van der Waals surface area contributed by atoms with Crippen molar-refractivity contribution in [1.82, 2.24) is 4.72 Å². The molecule has 0 saturated heterocycles. The van der Waals surface area contributed by atoms with Gasteiger partial charge in [0.1, 0.15) is 0 Å². The van der Waals surface area contributed by atoms with Gasteiger partial charge in [0.15, 0.2) is 0 Å². The molecular weight excluding hydrogens is 280 g/mol. The van der Waals surface area contributed by atoms with E-state index < -0.39 is 10.2 Å². The molecule has 0 radical (unpaired) electrons. The maximum Gasteiger partial charge on any atom is 0.298 e. The standard InChI is InChI=1S/C9H13BrN2O2S/c1-3-7-6-8(10)4-5-9(7)12-15(13,14)11-2/h4-6,11-12H,3H2,1-2H3. The molecule has 0 aliphatic carbocycles. The van der Waals surface area contributed by atoms with E-state index in [4.69, 9.17) is 0 Å². The van der Waals surface area contributed by atoms with Crippen LogP contribution in [0.5, 0.6) is 0 Å². The Labute approximate surface area is 98.4 Å². The number of aryl methyl sites for hydroxylation is 1. The Morgan fingerprint density at radius 3 is 2.60 bits per heavy atom. The van der Waals surface area contributed by atoms with E-state index in [2.05, 4.69) is 25.4 Å². The Kier molecular flexibility index (Phi) is 4.12. The largest absolute Gasteiger partial charge is 0.298 e. The first kappa shape index (κ1) is 12.5. The molecular formula is C9H13BrN2O2S. The predicted octanol–water partition coefficient (Wildman–Crippen LogP) is 1.89. The molecule has 0 bridgehead atoms. The van der Waals surface area contributed by atoms with Gasteiger partial charge >= 0.3 is 0 Å². The average Bonchev–Trinajstić information content (AvgIpc) is 2.20. The molecule has 6 heteroatoms. The highest BCUT2D eigenvalue weighted by atomic mass is 79.9. The van der Waals surface area contributed by atoms with Crippen LogP contribution in [0.15, 0.2) is 22.7 Å². The smallest absolute Gasteiger partial charge is 0.271 e. The van der Waals surface area contributed by atoms with Crippen LogP contribution < -0.4 is 9.44 Å². The molecule has 1 aromatic rings. The Hall–Kier alpha value is -0.590. The summed E-state index contributed by atoms with van der Waals surface area (Å²) in [6, 6.07) is 5.43. The quantitative estimate of drug-likeness (QED) is 0.890. The second-order valence-corrected chi connectivity index (χ2v) is 5.50. The van der Waals surface area contributed by atoms with Crippen LogP contribution in [0.1, 0.15) is 12.5 Å². The van der Waals surface area contributed by atoms with Crippen molar-refractivity contribution in [3.63, 3.8) is 0 Å². The Morgan fingerprint density at radius 2 is 2.07 bits per heavy atom. The molecule has 84 valence electrons. The van der Waals surface area contributed by atoms with E-state index in [1.54, 1.807) is 12.1 Å². The average molecular weight is 293 g/mol. The minimum Gasteiger partial charge on any atom is -0.271 e. The van der Waals surface area contributed by atoms with E-state index >= 15 is 0 Å². The number of halogens is 1. The Balaban J connectivity index is 3.05. The predicted molar refractivity (Wildman–Crippen MR) is 65.1 cm³/mol. The van der Waals surface area contributed by atoms with Crippen LogP contribution in [0.3, 0.4) is 0 Å². The van der Waals surface area contributed by atoms with Crippen molar-refractivity contribution in [1.29, 1.82) is 0 Å². The van der Waals surface area contributed by atoms with Gasteiger partial charge in [0.2, 0.25) is 0 Å². The van der Waals surface area contributed by atoms with Crippen molar-refractivity contribution < 1.29 is 8.42 Å². The van der Waals surface area contributed by atoms with Gasteiger partial charge in [-0.15, -0.1) is 0 Å². The summed E-state index contributed by atoms with van der Waals surface area (Å²) in [5.41, 5.74) is 1.55. The molecule has 0 fully saturated rings. The van der Waals surface area contributed by atoms with Crippen molar-refractivity contribution in [2.75, 3.05) is 11.8 Å². The van der Waals surface area contributed by atoms with E-state index in [9.17, 15) is 8.42 Å². The molecule has 2 N–H and O–H groups in total. The van der Waals surface area contributed by atoms with Crippen molar-refractivity contribution in [2.24, 2.45) is 0 Å². The number of hydrogen-bond donors (Lipinski definition) is 2. The fourth-order valence-corrected chi connectivity index (χ4v) is 2.15. The highest BCUT2D eigenvalue weighted by Gasteiger charge is 2.09. The van der Waals surface area contributed by atoms with Gasteiger partial charge in [0, 0.05) is 11.5 Å². The topological polar surface area (TPSA) is 58.2 Å². The number of rotatable bonds is 4. The van der Waals surface area contributed by atoms with Gasteiger partial charge < -0.3 is 0 Å². The van der Waals surface area contributed by atoms with E-state index in [0.717, 1.165) is 16.5 Å². The van der Waals surface area contributed by atoms with Crippen LogP contribution >= 0.6 is 15.9 Å².